The minimum atomic E-state index is -0.867. The number of aromatic nitrogens is 2. The molecular weight excluding hydrogens is 242 g/mol. The first-order valence-corrected chi connectivity index (χ1v) is 5.86. The van der Waals surface area contributed by atoms with Gasteiger partial charge in [0, 0.05) is 6.04 Å². The third-order valence-electron chi connectivity index (χ3n) is 2.58. The molecule has 0 fully saturated rings. The lowest BCUT2D eigenvalue weighted by Crippen LogP contribution is -2.33. The highest BCUT2D eigenvalue weighted by molar-refractivity contribution is 7.08. The molecule has 1 aromatic heterocycles. The predicted molar refractivity (Wildman–Crippen MR) is 60.8 cm³/mol. The molecule has 0 saturated heterocycles. The maximum absolute atomic E-state index is 11.8. The molecule has 1 aliphatic rings. The van der Waals surface area contributed by atoms with E-state index in [1.54, 1.807) is 19.1 Å². The molecule has 2 N–H and O–H groups in total. The van der Waals surface area contributed by atoms with Crippen molar-refractivity contribution in [2.45, 2.75) is 19.4 Å². The molecule has 6 nitrogen and oxygen atoms in total. The molecule has 1 aromatic rings. The summed E-state index contributed by atoms with van der Waals surface area (Å²) >= 11 is 1.03. The van der Waals surface area contributed by atoms with Gasteiger partial charge in [0.05, 0.1) is 11.6 Å². The predicted octanol–water partition coefficient (Wildman–Crippen LogP) is 0.606. The van der Waals surface area contributed by atoms with E-state index in [1.165, 1.54) is 0 Å². The fourth-order valence-electron chi connectivity index (χ4n) is 1.66. The summed E-state index contributed by atoms with van der Waals surface area (Å²) in [5, 5.41) is 15.3. The zero-order chi connectivity index (χ0) is 12.4. The Balaban J connectivity index is 1.96. The van der Waals surface area contributed by atoms with Crippen molar-refractivity contribution in [3.8, 4) is 0 Å². The number of hydrogen-bond donors (Lipinski definition) is 2. The van der Waals surface area contributed by atoms with Crippen LogP contribution in [-0.2, 0) is 4.79 Å². The molecule has 1 aliphatic carbocycles. The molecule has 0 bridgehead atoms. The van der Waals surface area contributed by atoms with Gasteiger partial charge in [-0.25, -0.2) is 0 Å². The fraction of sp³-hybridized carbons (Fsp3) is 0.400. The van der Waals surface area contributed by atoms with Crippen LogP contribution in [0.5, 0.6) is 0 Å². The summed E-state index contributed by atoms with van der Waals surface area (Å²) < 4.78 is 3.68. The zero-order valence-electron chi connectivity index (χ0n) is 9.08. The van der Waals surface area contributed by atoms with E-state index in [9.17, 15) is 9.59 Å². The Bertz CT molecular complexity index is 483. The van der Waals surface area contributed by atoms with E-state index < -0.39 is 11.9 Å². The number of amides is 1. The second-order valence-corrected chi connectivity index (χ2v) is 4.59. The topological polar surface area (TPSA) is 92.2 Å². The Morgan fingerprint density at radius 1 is 1.53 bits per heavy atom. The normalized spacial score (nSPS) is 22.6. The van der Waals surface area contributed by atoms with Gasteiger partial charge in [-0.2, -0.15) is 0 Å². The van der Waals surface area contributed by atoms with Gasteiger partial charge in [-0.15, -0.1) is 5.10 Å². The summed E-state index contributed by atoms with van der Waals surface area (Å²) in [4.78, 5) is 23.0. The molecule has 17 heavy (non-hydrogen) atoms. The van der Waals surface area contributed by atoms with Gasteiger partial charge in [-0.3, -0.25) is 9.59 Å². The van der Waals surface area contributed by atoms with Crippen molar-refractivity contribution in [3.05, 3.63) is 22.7 Å². The van der Waals surface area contributed by atoms with Gasteiger partial charge in [0.1, 0.15) is 4.88 Å². The van der Waals surface area contributed by atoms with Gasteiger partial charge in [0.25, 0.3) is 5.91 Å². The van der Waals surface area contributed by atoms with Crippen LogP contribution in [0, 0.1) is 12.8 Å². The zero-order valence-corrected chi connectivity index (χ0v) is 9.90. The Hall–Kier alpha value is -1.76. The number of carbonyl (C=O) groups excluding carboxylic acids is 1. The molecule has 1 heterocycles. The van der Waals surface area contributed by atoms with E-state index in [1.807, 2.05) is 0 Å². The number of carboxylic acids is 1. The van der Waals surface area contributed by atoms with E-state index in [4.69, 9.17) is 5.11 Å². The number of aliphatic carboxylic acids is 1. The SMILES string of the molecule is Cc1nnsc1C(=O)NC1C=CC(C(=O)O)C1. The number of rotatable bonds is 3. The first-order valence-electron chi connectivity index (χ1n) is 5.09. The summed E-state index contributed by atoms with van der Waals surface area (Å²) in [7, 11) is 0. The maximum Gasteiger partial charge on any atom is 0.310 e. The Labute approximate surface area is 102 Å². The van der Waals surface area contributed by atoms with Crippen LogP contribution in [0.4, 0.5) is 0 Å². The van der Waals surface area contributed by atoms with E-state index in [2.05, 4.69) is 14.9 Å². The summed E-state index contributed by atoms with van der Waals surface area (Å²) in [5.41, 5.74) is 0.587. The van der Waals surface area contributed by atoms with Crippen molar-refractivity contribution in [2.24, 2.45) is 5.92 Å². The fourth-order valence-corrected chi connectivity index (χ4v) is 2.22. The quantitative estimate of drug-likeness (QED) is 0.770. The van der Waals surface area contributed by atoms with E-state index >= 15 is 0 Å². The third kappa shape index (κ3) is 2.50. The monoisotopic (exact) mass is 253 g/mol. The molecule has 0 spiro atoms. The highest BCUT2D eigenvalue weighted by Gasteiger charge is 2.26. The number of nitrogens with zero attached hydrogens (tertiary/aromatic N) is 2. The molecule has 7 heteroatoms. The molecule has 2 rings (SSSR count). The van der Waals surface area contributed by atoms with E-state index in [0.29, 0.717) is 17.0 Å². The molecule has 0 aliphatic heterocycles. The van der Waals surface area contributed by atoms with Crippen molar-refractivity contribution in [2.75, 3.05) is 0 Å². The van der Waals surface area contributed by atoms with Crippen LogP contribution in [0.25, 0.3) is 0 Å². The van der Waals surface area contributed by atoms with Crippen molar-refractivity contribution in [3.63, 3.8) is 0 Å². The van der Waals surface area contributed by atoms with Crippen LogP contribution in [0.2, 0.25) is 0 Å². The second kappa shape index (κ2) is 4.62. The van der Waals surface area contributed by atoms with Crippen molar-refractivity contribution < 1.29 is 14.7 Å². The van der Waals surface area contributed by atoms with E-state index in [0.717, 1.165) is 11.5 Å². The number of carboxylic acid groups (broad SMARTS) is 1. The minimum absolute atomic E-state index is 0.231. The van der Waals surface area contributed by atoms with Crippen molar-refractivity contribution >= 4 is 23.4 Å². The van der Waals surface area contributed by atoms with Crippen LogP contribution >= 0.6 is 11.5 Å². The van der Waals surface area contributed by atoms with Crippen molar-refractivity contribution in [1.29, 1.82) is 0 Å². The Kier molecular flexibility index (Phi) is 3.19. The Morgan fingerprint density at radius 2 is 2.29 bits per heavy atom. The van der Waals surface area contributed by atoms with Crippen LogP contribution in [0.15, 0.2) is 12.2 Å². The highest BCUT2D eigenvalue weighted by Crippen LogP contribution is 2.19. The van der Waals surface area contributed by atoms with Gasteiger partial charge >= 0.3 is 5.97 Å². The molecule has 90 valence electrons. The van der Waals surface area contributed by atoms with Crippen LogP contribution in [0.1, 0.15) is 21.8 Å². The number of hydrogen-bond acceptors (Lipinski definition) is 5. The summed E-state index contributed by atoms with van der Waals surface area (Å²) in [5.74, 6) is -1.63. The van der Waals surface area contributed by atoms with Gasteiger partial charge in [-0.1, -0.05) is 16.6 Å². The lowest BCUT2D eigenvalue weighted by Gasteiger charge is -2.10. The first-order chi connectivity index (χ1) is 8.08. The minimum Gasteiger partial charge on any atom is -0.481 e. The lowest BCUT2D eigenvalue weighted by atomic mass is 10.1. The molecule has 2 unspecified atom stereocenters. The molecule has 0 saturated carbocycles. The van der Waals surface area contributed by atoms with Crippen molar-refractivity contribution in [1.82, 2.24) is 14.9 Å². The third-order valence-corrected chi connectivity index (χ3v) is 3.40. The Morgan fingerprint density at radius 3 is 2.82 bits per heavy atom. The van der Waals surface area contributed by atoms with Crippen LogP contribution in [-0.4, -0.2) is 32.6 Å². The average Bonchev–Trinajstić information content (AvgIpc) is 2.86. The second-order valence-electron chi connectivity index (χ2n) is 3.83. The average molecular weight is 253 g/mol. The lowest BCUT2D eigenvalue weighted by molar-refractivity contribution is -0.140. The standard InChI is InChI=1S/C10H11N3O3S/c1-5-8(17-13-12-5)9(14)11-7-3-2-6(4-7)10(15)16/h2-3,6-7H,4H2,1H3,(H,11,14)(H,15,16). The first kappa shape index (κ1) is 11.7. The van der Waals surface area contributed by atoms with Crippen LogP contribution < -0.4 is 5.32 Å². The molecule has 1 amide bonds. The largest absolute Gasteiger partial charge is 0.481 e. The van der Waals surface area contributed by atoms with Crippen LogP contribution in [0.3, 0.4) is 0 Å². The highest BCUT2D eigenvalue weighted by atomic mass is 32.1. The van der Waals surface area contributed by atoms with Gasteiger partial charge in [-0.05, 0) is 24.9 Å². The summed E-state index contributed by atoms with van der Waals surface area (Å²) in [6.07, 6.45) is 3.71. The summed E-state index contributed by atoms with van der Waals surface area (Å²) in [6.45, 7) is 1.71. The molecule has 0 radical (unpaired) electrons. The molecule has 2 atom stereocenters. The number of carbonyl (C=O) groups is 2. The smallest absolute Gasteiger partial charge is 0.310 e. The van der Waals surface area contributed by atoms with Gasteiger partial charge < -0.3 is 10.4 Å². The van der Waals surface area contributed by atoms with Gasteiger partial charge in [0.2, 0.25) is 0 Å². The van der Waals surface area contributed by atoms with E-state index in [-0.39, 0.29) is 11.9 Å². The number of nitrogens with one attached hydrogen (secondary N) is 1. The maximum atomic E-state index is 11.8. The summed E-state index contributed by atoms with van der Waals surface area (Å²) in [6, 6.07) is -0.231. The molecular formula is C10H11N3O3S. The molecule has 0 aromatic carbocycles. The number of aryl methyl sites for hydroxylation is 1. The van der Waals surface area contributed by atoms with Gasteiger partial charge in [0.15, 0.2) is 0 Å².